The van der Waals surface area contributed by atoms with Crippen molar-refractivity contribution in [3.63, 3.8) is 0 Å². The molecule has 1 aliphatic rings. The lowest BCUT2D eigenvalue weighted by molar-refractivity contribution is -0.0541. The molecule has 7 atom stereocenters. The third-order valence-electron chi connectivity index (χ3n) is 3.96. The first kappa shape index (κ1) is 27.2. The molecule has 2 rings (SSSR count). The Morgan fingerprint density at radius 3 is 2.28 bits per heavy atom. The molecule has 0 bridgehead atoms. The van der Waals surface area contributed by atoms with E-state index in [4.69, 9.17) is 4.74 Å². The molecule has 2 heterocycles. The summed E-state index contributed by atoms with van der Waals surface area (Å²) in [4.78, 5) is 34.7. The first-order valence-corrected chi connectivity index (χ1v) is 12.9. The van der Waals surface area contributed by atoms with Crippen molar-refractivity contribution in [1.82, 2.24) is 9.55 Å². The van der Waals surface area contributed by atoms with Gasteiger partial charge < -0.3 is 30.1 Å². The van der Waals surface area contributed by atoms with E-state index in [0.29, 0.717) is 7.11 Å². The predicted octanol–water partition coefficient (Wildman–Crippen LogP) is -0.444. The molecular weight excluding hydrogens is 503 g/mol. The van der Waals surface area contributed by atoms with E-state index >= 15 is 0 Å². The molecule has 1 aromatic rings. The highest BCUT2D eigenvalue weighted by Crippen LogP contribution is 2.69. The Morgan fingerprint density at radius 2 is 1.75 bits per heavy atom. The second kappa shape index (κ2) is 10.5. The van der Waals surface area contributed by atoms with Gasteiger partial charge >= 0.3 is 29.2 Å². The van der Waals surface area contributed by atoms with E-state index in [0.717, 1.165) is 11.7 Å². The van der Waals surface area contributed by atoms with Crippen LogP contribution in [-0.2, 0) is 40.6 Å². The summed E-state index contributed by atoms with van der Waals surface area (Å²) < 4.78 is 62.9. The first-order valence-electron chi connectivity index (χ1n) is 8.49. The van der Waals surface area contributed by atoms with E-state index in [9.17, 15) is 38.5 Å². The molecule has 0 radical (unpaired) electrons. The molecule has 20 heteroatoms. The monoisotopic (exact) mass is 525 g/mol. The fourth-order valence-electron chi connectivity index (χ4n) is 2.40. The molecule has 17 nitrogen and oxygen atoms in total. The molecule has 5 N–H and O–H groups in total. The minimum absolute atomic E-state index is 0.239. The van der Waals surface area contributed by atoms with Gasteiger partial charge in [-0.15, -0.1) is 0 Å². The molecule has 0 saturated carbocycles. The molecular formula is C12H22N3O14P3. The molecule has 184 valence electrons. The van der Waals surface area contributed by atoms with Gasteiger partial charge in [0, 0.05) is 27.5 Å². The molecule has 0 aromatic carbocycles. The minimum atomic E-state index is -5.30. The van der Waals surface area contributed by atoms with E-state index in [2.05, 4.69) is 32.5 Å². The van der Waals surface area contributed by atoms with E-state index in [1.807, 2.05) is 0 Å². The lowest BCUT2D eigenvalue weighted by atomic mass is 10.1. The van der Waals surface area contributed by atoms with Crippen LogP contribution in [0.15, 0.2) is 17.1 Å². The number of anilines is 1. The highest BCUT2D eigenvalue weighted by Gasteiger charge is 2.47. The average Bonchev–Trinajstić information content (AvgIpc) is 2.99. The van der Waals surface area contributed by atoms with E-state index in [-0.39, 0.29) is 5.82 Å². The normalized spacial score (nSPS) is 29.1. The highest BCUT2D eigenvalue weighted by atomic mass is 31.3. The maximum atomic E-state index is 12.1. The van der Waals surface area contributed by atoms with Crippen molar-refractivity contribution >= 4 is 29.3 Å². The van der Waals surface area contributed by atoms with E-state index in [1.165, 1.54) is 19.3 Å². The Kier molecular flexibility index (Phi) is 8.92. The molecule has 1 aromatic heterocycles. The number of aliphatic hydroxyl groups excluding tert-OH is 2. The Labute approximate surface area is 180 Å². The van der Waals surface area contributed by atoms with Gasteiger partial charge in [0.1, 0.15) is 24.1 Å². The Hall–Kier alpha value is -1.03. The quantitative estimate of drug-likeness (QED) is 0.230. The standard InChI is InChI=1S/C12H22N3O14P3/c1-13-8-4-5-15(12(18)14-8)11-10(17)9(16)7(27-11)6-26-31(21,22)29-32(23,25-3)28-30(19,20)24-2/h4-5,7,9-11,16-17H,6H2,1-3H3,(H,19,20)(H,21,22)(H,13,14,18). The molecule has 1 aliphatic heterocycles. The first-order chi connectivity index (χ1) is 14.8. The number of ether oxygens (including phenoxy) is 1. The molecule has 32 heavy (non-hydrogen) atoms. The minimum Gasteiger partial charge on any atom is -0.387 e. The number of aliphatic hydroxyl groups is 2. The number of nitrogens with one attached hydrogen (secondary N) is 1. The van der Waals surface area contributed by atoms with Crippen LogP contribution in [0.3, 0.4) is 0 Å². The van der Waals surface area contributed by atoms with Crippen molar-refractivity contribution in [1.29, 1.82) is 0 Å². The number of phosphoric ester groups is 2. The summed E-state index contributed by atoms with van der Waals surface area (Å²) >= 11 is 0. The molecule has 7 unspecified atom stereocenters. The zero-order valence-corrected chi connectivity index (χ0v) is 19.5. The fraction of sp³-hybridized carbons (Fsp3) is 0.667. The maximum absolute atomic E-state index is 12.1. The van der Waals surface area contributed by atoms with E-state index in [1.54, 1.807) is 0 Å². The van der Waals surface area contributed by atoms with Crippen LogP contribution in [0.5, 0.6) is 0 Å². The van der Waals surface area contributed by atoms with Gasteiger partial charge in [-0.2, -0.15) is 13.6 Å². The molecule has 1 fully saturated rings. The lowest BCUT2D eigenvalue weighted by Crippen LogP contribution is -2.36. The summed E-state index contributed by atoms with van der Waals surface area (Å²) in [5.41, 5.74) is -0.824. The van der Waals surface area contributed by atoms with Crippen LogP contribution < -0.4 is 11.0 Å². The van der Waals surface area contributed by atoms with Gasteiger partial charge in [0.25, 0.3) is 0 Å². The van der Waals surface area contributed by atoms with Crippen LogP contribution in [0, 0.1) is 0 Å². The molecule has 0 aliphatic carbocycles. The number of nitrogens with zero attached hydrogens (tertiary/aromatic N) is 2. The zero-order valence-electron chi connectivity index (χ0n) is 16.8. The Balaban J connectivity index is 2.08. The topological polar surface area (TPSA) is 234 Å². The average molecular weight is 525 g/mol. The van der Waals surface area contributed by atoms with Crippen LogP contribution in [-0.4, -0.2) is 75.7 Å². The molecule has 0 spiro atoms. The van der Waals surface area contributed by atoms with Gasteiger partial charge in [-0.05, 0) is 6.07 Å². The number of hydrogen-bond acceptors (Lipinski definition) is 14. The van der Waals surface area contributed by atoms with Crippen LogP contribution in [0.25, 0.3) is 0 Å². The molecule has 1 saturated heterocycles. The van der Waals surface area contributed by atoms with Crippen molar-refractivity contribution in [3.8, 4) is 0 Å². The second-order valence-corrected chi connectivity index (χ2v) is 11.1. The van der Waals surface area contributed by atoms with Crippen molar-refractivity contribution in [2.75, 3.05) is 33.2 Å². The summed E-state index contributed by atoms with van der Waals surface area (Å²) in [5, 5.41) is 23.0. The van der Waals surface area contributed by atoms with Crippen LogP contribution >= 0.6 is 23.5 Å². The lowest BCUT2D eigenvalue weighted by Gasteiger charge is -2.21. The summed E-state index contributed by atoms with van der Waals surface area (Å²) in [6.45, 7) is -0.913. The third kappa shape index (κ3) is 6.74. The Bertz CT molecular complexity index is 1000. The van der Waals surface area contributed by atoms with Gasteiger partial charge in [0.05, 0.1) is 6.61 Å². The van der Waals surface area contributed by atoms with E-state index < -0.39 is 60.3 Å². The SMILES string of the molecule is CNc1ccn(C2OC(COP(=O)(O)OP(=O)(OC)OP(=O)(O)OC)C(O)C2O)c(=O)n1. The fourth-order valence-corrected chi connectivity index (χ4v) is 6.13. The summed E-state index contributed by atoms with van der Waals surface area (Å²) in [5.74, 6) is 0.239. The van der Waals surface area contributed by atoms with Gasteiger partial charge in [-0.3, -0.25) is 18.1 Å². The third-order valence-corrected chi connectivity index (χ3v) is 8.60. The van der Waals surface area contributed by atoms with Crippen LogP contribution in [0.4, 0.5) is 5.82 Å². The van der Waals surface area contributed by atoms with Crippen LogP contribution in [0.1, 0.15) is 6.23 Å². The van der Waals surface area contributed by atoms with Crippen LogP contribution in [0.2, 0.25) is 0 Å². The van der Waals surface area contributed by atoms with Gasteiger partial charge in [0.2, 0.25) is 0 Å². The smallest absolute Gasteiger partial charge is 0.387 e. The number of hydrogen-bond donors (Lipinski definition) is 5. The Morgan fingerprint density at radius 1 is 1.12 bits per heavy atom. The number of phosphoric acid groups is 3. The van der Waals surface area contributed by atoms with Crippen molar-refractivity contribution in [2.45, 2.75) is 24.5 Å². The maximum Gasteiger partial charge on any atom is 0.492 e. The largest absolute Gasteiger partial charge is 0.492 e. The van der Waals surface area contributed by atoms with Gasteiger partial charge in [-0.25, -0.2) is 18.5 Å². The highest BCUT2D eigenvalue weighted by molar-refractivity contribution is 7.67. The predicted molar refractivity (Wildman–Crippen MR) is 103 cm³/mol. The van der Waals surface area contributed by atoms with Gasteiger partial charge in [0.15, 0.2) is 6.23 Å². The second-order valence-electron chi connectivity index (χ2n) is 6.01. The number of rotatable bonds is 11. The zero-order chi connectivity index (χ0) is 24.3. The van der Waals surface area contributed by atoms with Crippen molar-refractivity contribution < 1.29 is 60.6 Å². The van der Waals surface area contributed by atoms with Crippen molar-refractivity contribution in [3.05, 3.63) is 22.7 Å². The van der Waals surface area contributed by atoms with Gasteiger partial charge in [-0.1, -0.05) is 0 Å². The van der Waals surface area contributed by atoms with Crippen molar-refractivity contribution in [2.24, 2.45) is 0 Å². The summed E-state index contributed by atoms with van der Waals surface area (Å²) in [7, 11) is -12.4. The summed E-state index contributed by atoms with van der Waals surface area (Å²) in [6.07, 6.45) is -4.98. The summed E-state index contributed by atoms with van der Waals surface area (Å²) in [6, 6.07) is 1.39. The number of aromatic nitrogens is 2. The molecule has 0 amide bonds.